The minimum absolute atomic E-state index is 0.0499. The summed E-state index contributed by atoms with van der Waals surface area (Å²) in [6.45, 7) is 2.77. The standard InChI is InChI=1S/C13H15NO3/c1-8-6-9(8)7-14-12(15)10-4-2-3-5-11(10)13(16)17/h2-5,8-9H,6-7H2,1H3,(H,14,15)(H,16,17). The van der Waals surface area contributed by atoms with Crippen LogP contribution in [-0.2, 0) is 0 Å². The van der Waals surface area contributed by atoms with Crippen molar-refractivity contribution < 1.29 is 14.7 Å². The summed E-state index contributed by atoms with van der Waals surface area (Å²) in [4.78, 5) is 22.8. The molecule has 4 heteroatoms. The van der Waals surface area contributed by atoms with E-state index in [4.69, 9.17) is 5.11 Å². The molecule has 0 saturated heterocycles. The number of amides is 1. The van der Waals surface area contributed by atoms with Gasteiger partial charge in [-0.05, 0) is 30.4 Å². The van der Waals surface area contributed by atoms with Crippen LogP contribution in [0.3, 0.4) is 0 Å². The highest BCUT2D eigenvalue weighted by Gasteiger charge is 2.32. The summed E-state index contributed by atoms with van der Waals surface area (Å²) >= 11 is 0. The largest absolute Gasteiger partial charge is 0.478 e. The van der Waals surface area contributed by atoms with Crippen LogP contribution in [0.25, 0.3) is 0 Å². The Kier molecular flexibility index (Phi) is 3.13. The van der Waals surface area contributed by atoms with E-state index < -0.39 is 5.97 Å². The van der Waals surface area contributed by atoms with Gasteiger partial charge < -0.3 is 10.4 Å². The van der Waals surface area contributed by atoms with E-state index in [1.54, 1.807) is 12.1 Å². The maximum absolute atomic E-state index is 11.8. The number of rotatable bonds is 4. The molecule has 0 spiro atoms. The molecule has 17 heavy (non-hydrogen) atoms. The van der Waals surface area contributed by atoms with E-state index in [2.05, 4.69) is 12.2 Å². The van der Waals surface area contributed by atoms with Gasteiger partial charge in [-0.1, -0.05) is 19.1 Å². The SMILES string of the molecule is CC1CC1CNC(=O)c1ccccc1C(=O)O. The molecule has 0 heterocycles. The van der Waals surface area contributed by atoms with Crippen molar-refractivity contribution in [3.05, 3.63) is 35.4 Å². The second-order valence-electron chi connectivity index (χ2n) is 4.53. The molecule has 90 valence electrons. The molecule has 2 unspecified atom stereocenters. The van der Waals surface area contributed by atoms with Crippen LogP contribution < -0.4 is 5.32 Å². The lowest BCUT2D eigenvalue weighted by Crippen LogP contribution is -2.27. The fourth-order valence-corrected chi connectivity index (χ4v) is 1.87. The zero-order chi connectivity index (χ0) is 12.4. The number of hydrogen-bond acceptors (Lipinski definition) is 2. The first-order valence-electron chi connectivity index (χ1n) is 5.70. The minimum Gasteiger partial charge on any atom is -0.478 e. The minimum atomic E-state index is -1.07. The lowest BCUT2D eigenvalue weighted by molar-refractivity contribution is 0.0691. The number of carboxylic acids is 1. The molecule has 2 rings (SSSR count). The number of aromatic carboxylic acids is 1. The Bertz CT molecular complexity index is 456. The van der Waals surface area contributed by atoms with E-state index in [1.165, 1.54) is 12.1 Å². The van der Waals surface area contributed by atoms with Crippen LogP contribution in [-0.4, -0.2) is 23.5 Å². The van der Waals surface area contributed by atoms with Gasteiger partial charge in [-0.3, -0.25) is 4.79 Å². The van der Waals surface area contributed by atoms with Gasteiger partial charge in [0.1, 0.15) is 0 Å². The molecule has 2 atom stereocenters. The average Bonchev–Trinajstić information content (AvgIpc) is 3.02. The van der Waals surface area contributed by atoms with E-state index in [-0.39, 0.29) is 17.0 Å². The quantitative estimate of drug-likeness (QED) is 0.832. The molecule has 1 aromatic rings. The predicted octanol–water partition coefficient (Wildman–Crippen LogP) is 1.77. The second kappa shape index (κ2) is 4.57. The number of benzene rings is 1. The Balaban J connectivity index is 2.05. The first-order chi connectivity index (χ1) is 8.09. The molecule has 1 amide bonds. The monoisotopic (exact) mass is 233 g/mol. The van der Waals surface area contributed by atoms with Crippen molar-refractivity contribution in [2.24, 2.45) is 11.8 Å². The average molecular weight is 233 g/mol. The van der Waals surface area contributed by atoms with Crippen molar-refractivity contribution in [3.8, 4) is 0 Å². The number of carbonyl (C=O) groups excluding carboxylic acids is 1. The summed E-state index contributed by atoms with van der Waals surface area (Å²) in [6, 6.07) is 6.26. The molecule has 2 N–H and O–H groups in total. The van der Waals surface area contributed by atoms with Gasteiger partial charge in [0.25, 0.3) is 5.91 Å². The Morgan fingerprint density at radius 2 is 1.94 bits per heavy atom. The molecule has 1 aromatic carbocycles. The van der Waals surface area contributed by atoms with Crippen LogP contribution in [0.4, 0.5) is 0 Å². The number of hydrogen-bond donors (Lipinski definition) is 2. The smallest absolute Gasteiger partial charge is 0.336 e. The summed E-state index contributed by atoms with van der Waals surface area (Å²) in [5.74, 6) is -0.154. The van der Waals surface area contributed by atoms with Crippen molar-refractivity contribution in [2.45, 2.75) is 13.3 Å². The van der Waals surface area contributed by atoms with Crippen molar-refractivity contribution in [1.29, 1.82) is 0 Å². The van der Waals surface area contributed by atoms with Crippen LogP contribution in [0, 0.1) is 11.8 Å². The van der Waals surface area contributed by atoms with Gasteiger partial charge in [-0.2, -0.15) is 0 Å². The summed E-state index contributed by atoms with van der Waals surface area (Å²) in [5, 5.41) is 11.8. The van der Waals surface area contributed by atoms with Gasteiger partial charge >= 0.3 is 5.97 Å². The van der Waals surface area contributed by atoms with Gasteiger partial charge in [-0.15, -0.1) is 0 Å². The first kappa shape index (κ1) is 11.6. The molecular weight excluding hydrogens is 218 g/mol. The molecular formula is C13H15NO3. The summed E-state index contributed by atoms with van der Waals surface area (Å²) in [5.41, 5.74) is 0.280. The lowest BCUT2D eigenvalue weighted by Gasteiger charge is -2.06. The van der Waals surface area contributed by atoms with Crippen LogP contribution in [0.15, 0.2) is 24.3 Å². The molecule has 4 nitrogen and oxygen atoms in total. The summed E-state index contributed by atoms with van der Waals surface area (Å²) in [6.07, 6.45) is 1.14. The second-order valence-corrected chi connectivity index (χ2v) is 4.53. The number of nitrogens with one attached hydrogen (secondary N) is 1. The van der Waals surface area contributed by atoms with E-state index >= 15 is 0 Å². The fraction of sp³-hybridized carbons (Fsp3) is 0.385. The Hall–Kier alpha value is -1.84. The molecule has 0 bridgehead atoms. The highest BCUT2D eigenvalue weighted by Crippen LogP contribution is 2.36. The summed E-state index contributed by atoms with van der Waals surface area (Å²) in [7, 11) is 0. The van der Waals surface area contributed by atoms with Crippen molar-refractivity contribution in [3.63, 3.8) is 0 Å². The third kappa shape index (κ3) is 2.64. The van der Waals surface area contributed by atoms with E-state index in [0.717, 1.165) is 6.42 Å². The van der Waals surface area contributed by atoms with Crippen LogP contribution in [0.1, 0.15) is 34.1 Å². The topological polar surface area (TPSA) is 66.4 Å². The summed E-state index contributed by atoms with van der Waals surface area (Å²) < 4.78 is 0. The third-order valence-corrected chi connectivity index (χ3v) is 3.20. The maximum atomic E-state index is 11.8. The Labute approximate surface area is 99.6 Å². The first-order valence-corrected chi connectivity index (χ1v) is 5.70. The van der Waals surface area contributed by atoms with E-state index in [0.29, 0.717) is 18.4 Å². The van der Waals surface area contributed by atoms with E-state index in [9.17, 15) is 9.59 Å². The van der Waals surface area contributed by atoms with Gasteiger partial charge in [-0.25, -0.2) is 4.79 Å². The normalized spacial score (nSPS) is 21.9. The van der Waals surface area contributed by atoms with Gasteiger partial charge in [0.05, 0.1) is 11.1 Å². The number of carboxylic acid groups (broad SMARTS) is 1. The molecule has 0 aromatic heterocycles. The molecule has 0 aliphatic heterocycles. The van der Waals surface area contributed by atoms with Crippen molar-refractivity contribution in [1.82, 2.24) is 5.32 Å². The van der Waals surface area contributed by atoms with Crippen LogP contribution >= 0.6 is 0 Å². The maximum Gasteiger partial charge on any atom is 0.336 e. The van der Waals surface area contributed by atoms with Crippen molar-refractivity contribution >= 4 is 11.9 Å². The number of carbonyl (C=O) groups is 2. The molecule has 1 aliphatic carbocycles. The van der Waals surface area contributed by atoms with Gasteiger partial charge in [0, 0.05) is 6.54 Å². The molecule has 0 radical (unpaired) electrons. The van der Waals surface area contributed by atoms with Crippen LogP contribution in [0.2, 0.25) is 0 Å². The third-order valence-electron chi connectivity index (χ3n) is 3.20. The highest BCUT2D eigenvalue weighted by atomic mass is 16.4. The van der Waals surface area contributed by atoms with Crippen LogP contribution in [0.5, 0.6) is 0 Å². The molecule has 1 fully saturated rings. The Morgan fingerprint density at radius 3 is 2.47 bits per heavy atom. The van der Waals surface area contributed by atoms with Gasteiger partial charge in [0.2, 0.25) is 0 Å². The van der Waals surface area contributed by atoms with Gasteiger partial charge in [0.15, 0.2) is 0 Å². The Morgan fingerprint density at radius 1 is 1.35 bits per heavy atom. The fourth-order valence-electron chi connectivity index (χ4n) is 1.87. The zero-order valence-corrected chi connectivity index (χ0v) is 9.64. The predicted molar refractivity (Wildman–Crippen MR) is 63.0 cm³/mol. The molecule has 1 saturated carbocycles. The van der Waals surface area contributed by atoms with Crippen molar-refractivity contribution in [2.75, 3.05) is 6.54 Å². The van der Waals surface area contributed by atoms with E-state index in [1.807, 2.05) is 0 Å². The molecule has 1 aliphatic rings. The highest BCUT2D eigenvalue weighted by molar-refractivity contribution is 6.04. The zero-order valence-electron chi connectivity index (χ0n) is 9.64. The lowest BCUT2D eigenvalue weighted by atomic mass is 10.1.